The van der Waals surface area contributed by atoms with Gasteiger partial charge in [0, 0.05) is 23.7 Å². The summed E-state index contributed by atoms with van der Waals surface area (Å²) < 4.78 is 0. The lowest BCUT2D eigenvalue weighted by Crippen LogP contribution is -2.62. The summed E-state index contributed by atoms with van der Waals surface area (Å²) in [7, 11) is 0. The van der Waals surface area contributed by atoms with Crippen LogP contribution in [0.5, 0.6) is 0 Å². The van der Waals surface area contributed by atoms with Gasteiger partial charge < -0.3 is 15.7 Å². The molecule has 2 aromatic carbocycles. The number of nitrogens with two attached hydrogens (primary N) is 1. The number of fused-ring (bicyclic) bond motifs is 1. The molecular weight excluding hydrogens is 352 g/mol. The van der Waals surface area contributed by atoms with Crippen molar-refractivity contribution in [2.45, 2.75) is 32.7 Å². The summed E-state index contributed by atoms with van der Waals surface area (Å²) in [6, 6.07) is 15.2. The van der Waals surface area contributed by atoms with Crippen LogP contribution in [-0.4, -0.2) is 38.7 Å². The highest BCUT2D eigenvalue weighted by atomic mass is 16.4. The maximum atomic E-state index is 11.7. The highest BCUT2D eigenvalue weighted by molar-refractivity contribution is 5.79. The molecule has 2 atom stereocenters. The topological polar surface area (TPSA) is 92.3 Å². The molecule has 1 saturated heterocycles. The average molecular weight is 376 g/mol. The molecule has 6 nitrogen and oxygen atoms in total. The Kier molecular flexibility index (Phi) is 4.22. The van der Waals surface area contributed by atoms with Crippen molar-refractivity contribution in [1.82, 2.24) is 14.9 Å². The van der Waals surface area contributed by atoms with Crippen molar-refractivity contribution in [2.24, 2.45) is 5.41 Å². The number of aromatic nitrogens is 2. The molecule has 1 amide bonds. The predicted molar refractivity (Wildman–Crippen MR) is 110 cm³/mol. The highest BCUT2D eigenvalue weighted by Crippen LogP contribution is 2.45. The lowest BCUT2D eigenvalue weighted by molar-refractivity contribution is -0.00275. The van der Waals surface area contributed by atoms with Gasteiger partial charge >= 0.3 is 6.09 Å². The molecule has 1 aliphatic heterocycles. The normalized spacial score (nSPS) is 19.5. The molecule has 2 heterocycles. The van der Waals surface area contributed by atoms with Crippen molar-refractivity contribution in [3.63, 3.8) is 0 Å². The molecule has 0 radical (unpaired) electrons. The molecule has 1 fully saturated rings. The van der Waals surface area contributed by atoms with Crippen molar-refractivity contribution in [2.75, 3.05) is 12.3 Å². The lowest BCUT2D eigenvalue weighted by Gasteiger charge is -2.52. The summed E-state index contributed by atoms with van der Waals surface area (Å²) in [5.74, 6) is -0.0132. The molecule has 0 bridgehead atoms. The fraction of sp³-hybridized carbons (Fsp3) is 0.318. The zero-order valence-corrected chi connectivity index (χ0v) is 16.3. The number of nitrogen functional groups attached to an aromatic ring is 1. The first kappa shape index (κ1) is 18.2. The average Bonchev–Trinajstić information content (AvgIpc) is 2.59. The molecular formula is C22H24N4O2. The molecule has 2 unspecified atom stereocenters. The lowest BCUT2D eigenvalue weighted by atomic mass is 9.70. The van der Waals surface area contributed by atoms with E-state index in [4.69, 9.17) is 15.7 Å². The van der Waals surface area contributed by atoms with Crippen LogP contribution in [0.2, 0.25) is 0 Å². The van der Waals surface area contributed by atoms with E-state index in [1.807, 2.05) is 48.5 Å². The highest BCUT2D eigenvalue weighted by Gasteiger charge is 2.50. The van der Waals surface area contributed by atoms with Crippen LogP contribution in [0.15, 0.2) is 48.5 Å². The molecule has 3 N–H and O–H groups in total. The molecule has 0 aliphatic carbocycles. The Morgan fingerprint density at radius 3 is 2.25 bits per heavy atom. The second-order valence-corrected chi connectivity index (χ2v) is 8.42. The Bertz CT molecular complexity index is 1040. The number of hydrogen-bond acceptors (Lipinski definition) is 4. The van der Waals surface area contributed by atoms with Gasteiger partial charge in [0.1, 0.15) is 0 Å². The summed E-state index contributed by atoms with van der Waals surface area (Å²) in [4.78, 5) is 23.0. The largest absolute Gasteiger partial charge is 0.465 e. The third-order valence-electron chi connectivity index (χ3n) is 5.38. The fourth-order valence-electron chi connectivity index (χ4n) is 4.13. The van der Waals surface area contributed by atoms with Crippen LogP contribution in [-0.2, 0) is 0 Å². The van der Waals surface area contributed by atoms with Crippen molar-refractivity contribution in [3.8, 4) is 11.3 Å². The molecule has 1 aliphatic rings. The van der Waals surface area contributed by atoms with E-state index in [1.165, 1.54) is 4.90 Å². The Labute approximate surface area is 164 Å². The standard InChI is InChI=1S/C22H24N4O2/c1-22(2,3)20-15(12-26(20)21(27)28)19-18(13-8-10-14(23)11-9-13)24-16-6-4-5-7-17(16)25-19/h4-11,15,20H,12,23H2,1-3H3,(H,27,28). The number of hydrogen-bond donors (Lipinski definition) is 2. The zero-order chi connectivity index (χ0) is 20.1. The van der Waals surface area contributed by atoms with E-state index in [-0.39, 0.29) is 17.4 Å². The molecule has 28 heavy (non-hydrogen) atoms. The van der Waals surface area contributed by atoms with Crippen LogP contribution >= 0.6 is 0 Å². The number of benzene rings is 2. The van der Waals surface area contributed by atoms with Crippen molar-refractivity contribution in [3.05, 3.63) is 54.2 Å². The Morgan fingerprint density at radius 1 is 1.07 bits per heavy atom. The van der Waals surface area contributed by atoms with Crippen LogP contribution in [0.4, 0.5) is 10.5 Å². The van der Waals surface area contributed by atoms with Crippen LogP contribution in [0.3, 0.4) is 0 Å². The minimum atomic E-state index is -0.890. The van der Waals surface area contributed by atoms with Gasteiger partial charge in [0.15, 0.2) is 0 Å². The minimum absolute atomic E-state index is 0.0132. The quantitative estimate of drug-likeness (QED) is 0.648. The monoisotopic (exact) mass is 376 g/mol. The van der Waals surface area contributed by atoms with Gasteiger partial charge in [0.05, 0.1) is 28.5 Å². The molecule has 3 aromatic rings. The van der Waals surface area contributed by atoms with Crippen LogP contribution < -0.4 is 5.73 Å². The van der Waals surface area contributed by atoms with E-state index in [1.54, 1.807) is 0 Å². The van der Waals surface area contributed by atoms with Crippen LogP contribution in [0, 0.1) is 5.41 Å². The van der Waals surface area contributed by atoms with Crippen LogP contribution in [0.1, 0.15) is 32.4 Å². The van der Waals surface area contributed by atoms with E-state index >= 15 is 0 Å². The first-order chi connectivity index (χ1) is 13.3. The van der Waals surface area contributed by atoms with E-state index in [0.29, 0.717) is 12.2 Å². The number of carboxylic acid groups (broad SMARTS) is 1. The van der Waals surface area contributed by atoms with Gasteiger partial charge in [-0.3, -0.25) is 0 Å². The summed E-state index contributed by atoms with van der Waals surface area (Å²) in [6.45, 7) is 6.62. The Hall–Kier alpha value is -3.15. The van der Waals surface area contributed by atoms with Crippen molar-refractivity contribution < 1.29 is 9.90 Å². The minimum Gasteiger partial charge on any atom is -0.465 e. The number of rotatable bonds is 2. The first-order valence-corrected chi connectivity index (χ1v) is 9.38. The van der Waals surface area contributed by atoms with E-state index in [2.05, 4.69) is 20.8 Å². The first-order valence-electron chi connectivity index (χ1n) is 9.38. The second-order valence-electron chi connectivity index (χ2n) is 8.42. The summed E-state index contributed by atoms with van der Waals surface area (Å²) in [5.41, 5.74) is 10.5. The molecule has 144 valence electrons. The molecule has 4 rings (SSSR count). The predicted octanol–water partition coefficient (Wildman–Crippen LogP) is 4.37. The maximum Gasteiger partial charge on any atom is 0.407 e. The van der Waals surface area contributed by atoms with Gasteiger partial charge in [-0.15, -0.1) is 0 Å². The van der Waals surface area contributed by atoms with Crippen LogP contribution in [0.25, 0.3) is 22.3 Å². The Balaban J connectivity index is 1.89. The second kappa shape index (κ2) is 6.48. The molecule has 0 saturated carbocycles. The number of carbonyl (C=O) groups is 1. The molecule has 6 heteroatoms. The summed E-state index contributed by atoms with van der Waals surface area (Å²) >= 11 is 0. The SMILES string of the molecule is CC(C)(C)C1C(c2nc3ccccc3nc2-c2ccc(N)cc2)CN1C(=O)O. The Morgan fingerprint density at radius 2 is 1.68 bits per heavy atom. The van der Waals surface area contributed by atoms with Crippen molar-refractivity contribution in [1.29, 1.82) is 0 Å². The number of anilines is 1. The maximum absolute atomic E-state index is 11.7. The van der Waals surface area contributed by atoms with Gasteiger partial charge in [0.2, 0.25) is 0 Å². The number of para-hydroxylation sites is 2. The molecule has 1 aromatic heterocycles. The van der Waals surface area contributed by atoms with E-state index in [0.717, 1.165) is 28.0 Å². The van der Waals surface area contributed by atoms with E-state index in [9.17, 15) is 9.90 Å². The third kappa shape index (κ3) is 3.05. The smallest absolute Gasteiger partial charge is 0.407 e. The van der Waals surface area contributed by atoms with Gasteiger partial charge in [-0.25, -0.2) is 14.8 Å². The van der Waals surface area contributed by atoms with Gasteiger partial charge in [0.25, 0.3) is 0 Å². The van der Waals surface area contributed by atoms with E-state index < -0.39 is 6.09 Å². The molecule has 0 spiro atoms. The number of amides is 1. The van der Waals surface area contributed by atoms with Gasteiger partial charge in [-0.2, -0.15) is 0 Å². The third-order valence-corrected chi connectivity index (χ3v) is 5.38. The van der Waals surface area contributed by atoms with Gasteiger partial charge in [-0.1, -0.05) is 45.0 Å². The number of nitrogens with zero attached hydrogens (tertiary/aromatic N) is 3. The summed E-state index contributed by atoms with van der Waals surface area (Å²) in [6.07, 6.45) is -0.890. The van der Waals surface area contributed by atoms with Gasteiger partial charge in [-0.05, 0) is 29.7 Å². The van der Waals surface area contributed by atoms with Crippen molar-refractivity contribution >= 4 is 22.8 Å². The zero-order valence-electron chi connectivity index (χ0n) is 16.3. The summed E-state index contributed by atoms with van der Waals surface area (Å²) in [5, 5.41) is 9.60. The fourth-order valence-corrected chi connectivity index (χ4v) is 4.13. The number of likely N-dealkylation sites (tertiary alicyclic amines) is 1.